The van der Waals surface area contributed by atoms with Gasteiger partial charge in [0, 0.05) is 101 Å². The van der Waals surface area contributed by atoms with Gasteiger partial charge in [-0.05, 0) is 120 Å². The topological polar surface area (TPSA) is 271 Å². The van der Waals surface area contributed by atoms with Crippen LogP contribution < -0.4 is 26.7 Å². The summed E-state index contributed by atoms with van der Waals surface area (Å²) in [6.07, 6.45) is 9.31. The van der Waals surface area contributed by atoms with Gasteiger partial charge in [0.05, 0.1) is 12.0 Å². The van der Waals surface area contributed by atoms with E-state index in [4.69, 9.17) is 41.6 Å². The van der Waals surface area contributed by atoms with Crippen molar-refractivity contribution in [1.82, 2.24) is 9.80 Å². The third-order valence-electron chi connectivity index (χ3n) is 17.3. The number of benzene rings is 6. The average Bonchev–Trinajstić information content (AvgIpc) is 1.68. The Morgan fingerprint density at radius 3 is 1.39 bits per heavy atom. The minimum absolute atomic E-state index is 0. The van der Waals surface area contributed by atoms with Gasteiger partial charge in [0.25, 0.3) is 0 Å². The summed E-state index contributed by atoms with van der Waals surface area (Å²) in [5.41, 5.74) is 18.0. The lowest BCUT2D eigenvalue weighted by atomic mass is 9.58. The van der Waals surface area contributed by atoms with E-state index in [0.717, 1.165) is 31.2 Å². The van der Waals surface area contributed by atoms with E-state index in [-0.39, 0.29) is 57.3 Å². The third-order valence-corrected chi connectivity index (χ3v) is 19.4. The van der Waals surface area contributed by atoms with E-state index < -0.39 is 34.4 Å². The van der Waals surface area contributed by atoms with Crippen LogP contribution in [0.2, 0.25) is 0 Å². The predicted octanol–water partition coefficient (Wildman–Crippen LogP) is 15.3. The SMILES string of the molecule is C#Cc1ccc(OC(F)F)cc1.C=Cc1cccc(Br)c1.CC(C)C(=O)N(C)C.CC1(C)C(=O)CC1c1cccc(Br)c1.CN1CC(c2ccc(OC(F)F)cc2)(c2cccc(C3CC(=O)C3(C)C)c2)N=C1N.CN=C(N)N.C[N+](C)=C1CC(c2cccc(Br)c2)C1(C)C.O.O=S(=O)([O-])C(F)(F)F. The number of aliphatic imine (C=N–C) groups is 2. The lowest BCUT2D eigenvalue weighted by Gasteiger charge is -2.43. The van der Waals surface area contributed by atoms with E-state index in [1.807, 2.05) is 114 Å². The summed E-state index contributed by atoms with van der Waals surface area (Å²) in [6.45, 7) is 15.0. The molecular weight excluding hydrogens is 1560 g/mol. The van der Waals surface area contributed by atoms with Gasteiger partial charge in [0.15, 0.2) is 27.7 Å². The highest BCUT2D eigenvalue weighted by molar-refractivity contribution is 9.11. The number of amides is 1. The number of hydrogen-bond donors (Lipinski definition) is 3. The fourth-order valence-electron chi connectivity index (χ4n) is 11.2. The van der Waals surface area contributed by atoms with E-state index >= 15 is 0 Å². The number of terminal acetylenes is 1. The van der Waals surface area contributed by atoms with Crippen molar-refractivity contribution in [3.8, 4) is 23.8 Å². The number of nitrogens with zero attached hydrogens (tertiary/aromatic N) is 5. The number of likely N-dealkylation sites (N-methyl/N-ethyl adjacent to an activating group) is 1. The van der Waals surface area contributed by atoms with Crippen molar-refractivity contribution >= 4 is 99.1 Å². The predicted molar refractivity (Wildman–Crippen MR) is 403 cm³/mol. The molecule has 1 heterocycles. The Kier molecular flexibility index (Phi) is 35.2. The first-order valence-electron chi connectivity index (χ1n) is 31.6. The Labute approximate surface area is 625 Å². The summed E-state index contributed by atoms with van der Waals surface area (Å²) in [7, 11) is 5.14. The first kappa shape index (κ1) is 91.1. The summed E-state index contributed by atoms with van der Waals surface area (Å²) in [5.74, 6) is 5.28. The molecule has 4 atom stereocenters. The molecule has 4 aliphatic rings. The number of rotatable bonds is 11. The molecule has 0 radical (unpaired) electrons. The van der Waals surface area contributed by atoms with Crippen LogP contribution in [0.4, 0.5) is 30.7 Å². The fraction of sp³-hybridized carbons (Fsp3) is 0.387. The monoisotopic (exact) mass is 1650 g/mol. The summed E-state index contributed by atoms with van der Waals surface area (Å²) >= 11 is 10.4. The second kappa shape index (κ2) is 39.8. The molecular formula is C75H92Br3F7N8O9S. The molecule has 0 spiro atoms. The zero-order valence-corrected chi connectivity index (χ0v) is 65.5. The highest BCUT2D eigenvalue weighted by atomic mass is 79.9. The number of carbonyl (C=O) groups excluding carboxylic acids is 3. The molecule has 3 aliphatic carbocycles. The molecule has 6 aromatic rings. The van der Waals surface area contributed by atoms with E-state index in [0.29, 0.717) is 53.9 Å². The van der Waals surface area contributed by atoms with Crippen LogP contribution in [0.25, 0.3) is 6.08 Å². The van der Waals surface area contributed by atoms with Crippen molar-refractivity contribution in [2.24, 2.45) is 49.3 Å². The Bertz CT molecular complexity index is 4060. The molecule has 28 heteroatoms. The smallest absolute Gasteiger partial charge is 0.485 e. The first-order chi connectivity index (χ1) is 47.2. The minimum Gasteiger partial charge on any atom is -0.741 e. The molecule has 8 N–H and O–H groups in total. The summed E-state index contributed by atoms with van der Waals surface area (Å²) in [6, 6.07) is 45.5. The number of nitrogens with two attached hydrogens (primary N) is 3. The maximum absolute atomic E-state index is 12.5. The quantitative estimate of drug-likeness (QED) is 0.0208. The van der Waals surface area contributed by atoms with Crippen molar-refractivity contribution in [1.29, 1.82) is 0 Å². The second-order valence-corrected chi connectivity index (χ2v) is 30.3. The average molecular weight is 1650 g/mol. The normalized spacial score (nSPS) is 18.3. The van der Waals surface area contributed by atoms with Crippen LogP contribution in [0.1, 0.15) is 131 Å². The van der Waals surface area contributed by atoms with Crippen molar-refractivity contribution in [2.75, 3.05) is 48.8 Å². The maximum Gasteiger partial charge on any atom is 0.485 e. The molecule has 0 aromatic heterocycles. The molecule has 3 fully saturated rings. The summed E-state index contributed by atoms with van der Waals surface area (Å²) in [5, 5.41) is 0. The van der Waals surface area contributed by atoms with E-state index in [2.05, 4.69) is 150 Å². The highest BCUT2D eigenvalue weighted by Crippen LogP contribution is 2.52. The van der Waals surface area contributed by atoms with Crippen molar-refractivity contribution in [2.45, 2.75) is 117 Å². The number of carbonyl (C=O) groups is 3. The van der Waals surface area contributed by atoms with Crippen LogP contribution in [-0.2, 0) is 30.0 Å². The summed E-state index contributed by atoms with van der Waals surface area (Å²) < 4.78 is 121. The van der Waals surface area contributed by atoms with E-state index in [9.17, 15) is 45.1 Å². The molecule has 0 bridgehead atoms. The lowest BCUT2D eigenvalue weighted by Crippen LogP contribution is -2.47. The van der Waals surface area contributed by atoms with Gasteiger partial charge in [-0.2, -0.15) is 30.7 Å². The molecule has 6 aromatic carbocycles. The largest absolute Gasteiger partial charge is 0.741 e. The number of guanidine groups is 2. The standard InChI is InChI=1S/C23H25F2N3O2.C14H19BrN.C12H13BrO.C9H6F2O.C8H7Br.C6H13NO.C2H7N3.CHF3O3S.H2O/c1-22(2)18(12-19(22)29)14-5-4-6-16(11-14)23(13-28(3)21(26)27-23)15-7-9-17(10-8-15)30-20(24)25;1-14(2)12(9-13(14)16(3)4)10-6-5-7-11(15)8-10;1-12(2)10(7-11(12)14)8-4-3-5-9(13)6-8;1-2-7-3-5-8(6-4-7)12-9(10)11;1-2-7-4-3-5-8(9)6-7;1-5(2)6(8)7(3)4;1-5-2(3)4;2-1(3,4)8(5,6)7;/h4-11,18,20H,12-13H2,1-3H3,(H2,26,27);5-8,12H,9H2,1-4H3;3-6,10H,7H2,1-2H3;1,3-6,9H;2-6H,1H2;5H,1-4H3;1H3,(H4,3,4,5);(H,5,6,7);1H2/q;+1;;;;;;;/p-1. The van der Waals surface area contributed by atoms with Crippen LogP contribution >= 0.6 is 47.8 Å². The molecule has 17 nitrogen and oxygen atoms in total. The molecule has 0 saturated heterocycles. The minimum atomic E-state index is -6.09. The molecule has 4 unspecified atom stereocenters. The Hall–Kier alpha value is -7.94. The third kappa shape index (κ3) is 26.6. The van der Waals surface area contributed by atoms with Crippen molar-refractivity contribution in [3.63, 3.8) is 0 Å². The number of halogens is 10. The van der Waals surface area contributed by atoms with Crippen LogP contribution in [0.3, 0.4) is 0 Å². The van der Waals surface area contributed by atoms with Gasteiger partial charge in [0.1, 0.15) is 42.7 Å². The van der Waals surface area contributed by atoms with Gasteiger partial charge in [-0.1, -0.05) is 181 Å². The number of alkyl halides is 7. The number of ether oxygens (including phenoxy) is 2. The van der Waals surface area contributed by atoms with Crippen LogP contribution in [0, 0.1) is 34.5 Å². The van der Waals surface area contributed by atoms with Gasteiger partial charge in [0.2, 0.25) is 5.91 Å². The molecule has 103 heavy (non-hydrogen) atoms. The Balaban J connectivity index is 0.000000427. The summed E-state index contributed by atoms with van der Waals surface area (Å²) in [4.78, 5) is 45.8. The number of Topliss-reactive ketones (excluding diaryl/α,β-unsaturated/α-hetero) is 2. The highest BCUT2D eigenvalue weighted by Gasteiger charge is 2.52. The fourth-order valence-corrected chi connectivity index (χ4v) is 12.4. The van der Waals surface area contributed by atoms with Crippen LogP contribution in [0.5, 0.6) is 11.5 Å². The van der Waals surface area contributed by atoms with Crippen LogP contribution in [0.15, 0.2) is 176 Å². The van der Waals surface area contributed by atoms with Crippen molar-refractivity contribution < 1.29 is 77.6 Å². The van der Waals surface area contributed by atoms with Gasteiger partial charge >= 0.3 is 18.7 Å². The molecule has 1 amide bonds. The maximum atomic E-state index is 12.5. The van der Waals surface area contributed by atoms with Gasteiger partial charge in [-0.25, -0.2) is 18.0 Å². The van der Waals surface area contributed by atoms with Gasteiger partial charge in [-0.3, -0.25) is 19.4 Å². The first-order valence-corrected chi connectivity index (χ1v) is 35.4. The van der Waals surface area contributed by atoms with Gasteiger partial charge < -0.3 is 46.5 Å². The van der Waals surface area contributed by atoms with Crippen molar-refractivity contribution in [3.05, 3.63) is 205 Å². The Morgan fingerprint density at radius 2 is 1.11 bits per heavy atom. The Morgan fingerprint density at radius 1 is 0.718 bits per heavy atom. The molecule has 562 valence electrons. The van der Waals surface area contributed by atoms with E-state index in [1.165, 1.54) is 65.5 Å². The second-order valence-electron chi connectivity index (χ2n) is 26.2. The lowest BCUT2D eigenvalue weighted by molar-refractivity contribution is -0.473. The molecule has 10 rings (SSSR count). The zero-order valence-electron chi connectivity index (χ0n) is 59.9. The number of ketones is 2. The zero-order chi connectivity index (χ0) is 77.6. The molecule has 1 aliphatic heterocycles. The molecule has 3 saturated carbocycles. The van der Waals surface area contributed by atoms with Crippen LogP contribution in [-0.4, -0.2) is 135 Å². The number of hydrogen-bond acceptors (Lipinski definition) is 12. The van der Waals surface area contributed by atoms with Gasteiger partial charge in [-0.15, -0.1) is 6.42 Å². The van der Waals surface area contributed by atoms with E-state index in [1.54, 1.807) is 36.8 Å².